The molecule has 0 unspecified atom stereocenters. The number of benzene rings is 6. The number of rotatable bonds is 21. The molecule has 30 heteroatoms. The Balaban J connectivity index is 1.24. The van der Waals surface area contributed by atoms with E-state index in [1.165, 1.54) is 86.0 Å². The predicted molar refractivity (Wildman–Crippen MR) is 241 cm³/mol. The zero-order valence-corrected chi connectivity index (χ0v) is 37.9. The Bertz CT molecular complexity index is 3180. The summed E-state index contributed by atoms with van der Waals surface area (Å²) in [6.07, 6.45) is 0. The van der Waals surface area contributed by atoms with Gasteiger partial charge in [-0.05, 0) is 97.1 Å². The number of hydrogen-bond acceptors (Lipinski definition) is 25. The number of ether oxygens (including phenoxy) is 1. The van der Waals surface area contributed by atoms with Crippen molar-refractivity contribution in [1.29, 1.82) is 0 Å². The van der Waals surface area contributed by atoms with E-state index >= 15 is 0 Å². The van der Waals surface area contributed by atoms with E-state index < -0.39 is 52.1 Å². The first-order valence-electron chi connectivity index (χ1n) is 18.2. The van der Waals surface area contributed by atoms with E-state index in [0.717, 1.165) is 6.07 Å². The predicted octanol–water partition coefficient (Wildman–Crippen LogP) is 9.22. The van der Waals surface area contributed by atoms with E-state index in [1.54, 1.807) is 18.2 Å². The smallest absolute Gasteiger partial charge is 0.296 e. The largest absolute Gasteiger partial charge is 0.505 e. The molecule has 0 bridgehead atoms. The maximum Gasteiger partial charge on any atom is 0.296 e. The first-order chi connectivity index (χ1) is 31.9. The van der Waals surface area contributed by atoms with E-state index in [1.807, 2.05) is 0 Å². The quantitative estimate of drug-likeness (QED) is 0.00671. The third-order valence-electron chi connectivity index (χ3n) is 8.77. The SMILES string of the molecule is COc1cc(N)ccc1N=Nc1ccc(NS(=O)(=O)c2ccc(N=Nc3c(S(=O)(=O)O)cc4c(SOOO)cc(N=Nc5ccc(S(=O)(=O)CCOSOOO)cc5)c(N)c4c3O)cc2)cc1. The fraction of sp³-hybridized carbons (Fsp3) is 0.0811. The molecule has 67 heavy (non-hydrogen) atoms. The Hall–Kier alpha value is -6.39. The molecule has 0 saturated heterocycles. The number of anilines is 3. The van der Waals surface area contributed by atoms with E-state index in [-0.39, 0.29) is 72.8 Å². The van der Waals surface area contributed by atoms with Gasteiger partial charge in [0.15, 0.2) is 27.9 Å². The van der Waals surface area contributed by atoms with Crippen molar-refractivity contribution in [2.75, 3.05) is 35.7 Å². The average molecular weight is 1020 g/mol. The minimum Gasteiger partial charge on any atom is -0.505 e. The Kier molecular flexibility index (Phi) is 16.4. The summed E-state index contributed by atoms with van der Waals surface area (Å²) in [5.74, 6) is -0.972. The lowest BCUT2D eigenvalue weighted by molar-refractivity contribution is -0.434. The third-order valence-corrected chi connectivity index (χ3v) is 13.8. The summed E-state index contributed by atoms with van der Waals surface area (Å²) in [6, 6.07) is 22.9. The van der Waals surface area contributed by atoms with Crippen molar-refractivity contribution in [3.63, 3.8) is 0 Å². The van der Waals surface area contributed by atoms with E-state index in [9.17, 15) is 34.9 Å². The molecule has 0 aromatic heterocycles. The van der Waals surface area contributed by atoms with Crippen molar-refractivity contribution in [2.24, 2.45) is 30.7 Å². The lowest BCUT2D eigenvalue weighted by Gasteiger charge is -2.14. The minimum atomic E-state index is -5.17. The highest BCUT2D eigenvalue weighted by atomic mass is 32.2. The highest BCUT2D eigenvalue weighted by molar-refractivity contribution is 7.95. The zero-order chi connectivity index (χ0) is 48.4. The number of hydrogen-bond donors (Lipinski definition) is 7. The molecule has 6 aromatic carbocycles. The highest BCUT2D eigenvalue weighted by Crippen LogP contribution is 2.49. The molecule has 0 aliphatic carbocycles. The minimum absolute atomic E-state index is 0.0265. The molecular formula is C37H33N9O16S5. The summed E-state index contributed by atoms with van der Waals surface area (Å²) in [7, 11) is -11.7. The molecule has 25 nitrogen and oxygen atoms in total. The number of azo groups is 3. The van der Waals surface area contributed by atoms with Crippen molar-refractivity contribution < 1.29 is 73.1 Å². The van der Waals surface area contributed by atoms with Crippen LogP contribution in [0.1, 0.15) is 0 Å². The zero-order valence-electron chi connectivity index (χ0n) is 33.8. The Morgan fingerprint density at radius 1 is 0.687 bits per heavy atom. The molecule has 6 aromatic rings. The number of nitrogens with zero attached hydrogens (tertiary/aromatic N) is 6. The van der Waals surface area contributed by atoms with Gasteiger partial charge in [0.05, 0.1) is 69.4 Å². The van der Waals surface area contributed by atoms with Crippen LogP contribution in [0.25, 0.3) is 10.8 Å². The number of sulfonamides is 1. The van der Waals surface area contributed by atoms with Crippen molar-refractivity contribution in [3.05, 3.63) is 103 Å². The van der Waals surface area contributed by atoms with Gasteiger partial charge in [-0.2, -0.15) is 23.8 Å². The highest BCUT2D eigenvalue weighted by Gasteiger charge is 2.26. The first kappa shape index (κ1) is 50.0. The summed E-state index contributed by atoms with van der Waals surface area (Å²) < 4.78 is 108. The fourth-order valence-corrected chi connectivity index (χ4v) is 9.30. The maximum absolute atomic E-state index is 13.2. The summed E-state index contributed by atoms with van der Waals surface area (Å²) in [5.41, 5.74) is 12.5. The van der Waals surface area contributed by atoms with Crippen LogP contribution in [0, 0.1) is 0 Å². The number of methoxy groups -OCH3 is 1. The number of nitrogens with one attached hydrogen (secondary N) is 1. The molecular weight excluding hydrogens is 987 g/mol. The van der Waals surface area contributed by atoms with Gasteiger partial charge in [-0.1, -0.05) is 10.1 Å². The van der Waals surface area contributed by atoms with Gasteiger partial charge in [0.25, 0.3) is 20.1 Å². The molecule has 352 valence electrons. The van der Waals surface area contributed by atoms with Gasteiger partial charge in [0.1, 0.15) is 27.7 Å². The van der Waals surface area contributed by atoms with Crippen LogP contribution in [0.3, 0.4) is 0 Å². The summed E-state index contributed by atoms with van der Waals surface area (Å²) in [4.78, 5) is -1.33. The number of phenolic OH excluding ortho intramolecular Hbond substituents is 1. The molecule has 6 rings (SSSR count). The van der Waals surface area contributed by atoms with Crippen LogP contribution in [0.15, 0.2) is 153 Å². The molecule has 0 heterocycles. The molecule has 9 N–H and O–H groups in total. The van der Waals surface area contributed by atoms with E-state index in [2.05, 4.69) is 54.2 Å². The second-order valence-corrected chi connectivity index (χ2v) is 19.5. The molecule has 0 radical (unpaired) electrons. The van der Waals surface area contributed by atoms with Crippen molar-refractivity contribution in [3.8, 4) is 11.5 Å². The topological polar surface area (TPSA) is 377 Å². The fourth-order valence-electron chi connectivity index (χ4n) is 5.66. The number of fused-ring (bicyclic) bond motifs is 1. The van der Waals surface area contributed by atoms with Crippen molar-refractivity contribution in [2.45, 2.75) is 19.6 Å². The number of nitrogens with two attached hydrogens (primary N) is 2. The Morgan fingerprint density at radius 2 is 1.27 bits per heavy atom. The van der Waals surface area contributed by atoms with Gasteiger partial charge in [-0.25, -0.2) is 27.4 Å². The Labute approximate surface area is 388 Å². The van der Waals surface area contributed by atoms with Gasteiger partial charge >= 0.3 is 0 Å². The van der Waals surface area contributed by atoms with E-state index in [0.29, 0.717) is 34.9 Å². The van der Waals surface area contributed by atoms with Crippen LogP contribution < -0.4 is 20.9 Å². The van der Waals surface area contributed by atoms with Crippen LogP contribution in [0.2, 0.25) is 0 Å². The third kappa shape index (κ3) is 12.7. The van der Waals surface area contributed by atoms with E-state index in [4.69, 9.17) is 30.9 Å². The normalized spacial score (nSPS) is 12.5. The number of aromatic hydroxyl groups is 1. The Morgan fingerprint density at radius 3 is 1.87 bits per heavy atom. The summed E-state index contributed by atoms with van der Waals surface area (Å²) in [6.45, 7) is -0.317. The molecule has 0 aliphatic rings. The second kappa shape index (κ2) is 21.9. The summed E-state index contributed by atoms with van der Waals surface area (Å²) >= 11 is 0.533. The first-order valence-corrected chi connectivity index (χ1v) is 24.2. The van der Waals surface area contributed by atoms with Crippen LogP contribution in [0.4, 0.5) is 51.2 Å². The molecule has 0 saturated carbocycles. The van der Waals surface area contributed by atoms with Crippen LogP contribution in [-0.4, -0.2) is 64.9 Å². The lowest BCUT2D eigenvalue weighted by Crippen LogP contribution is -2.12. The summed E-state index contributed by atoms with van der Waals surface area (Å²) in [5, 5.41) is 59.3. The number of nitrogen functional groups attached to an aromatic ring is 2. The molecule has 0 amide bonds. The average Bonchev–Trinajstić information content (AvgIpc) is 3.30. The molecule has 0 fully saturated rings. The maximum atomic E-state index is 13.2. The van der Waals surface area contributed by atoms with Crippen molar-refractivity contribution >= 4 is 116 Å². The molecule has 0 atom stereocenters. The molecule has 0 aliphatic heterocycles. The van der Waals surface area contributed by atoms with Gasteiger partial charge in [-0.15, -0.1) is 24.0 Å². The number of phenols is 1. The molecule has 0 spiro atoms. The standard InChI is InChI=1S/C37H33N9O16S5/c1-57-31-18-21(38)2-15-29(31)43-40-22-3-5-25(6-4-22)46-66(52,53)27-13-9-24(10-14-27)42-45-36-33(67(54,55)56)19-28-32(63-61-59-48)20-30(35(39)34(28)37(36)47)44-41-23-7-11-26(12-8-23)65(50,51)17-16-58-64-62-60-49/h2-15,18-20,46-49H,16-17,38-39H2,1H3,(H,54,55,56). The van der Waals surface area contributed by atoms with Crippen LogP contribution in [0.5, 0.6) is 11.5 Å². The van der Waals surface area contributed by atoms with Gasteiger partial charge in [0, 0.05) is 27.7 Å². The monoisotopic (exact) mass is 1020 g/mol. The lowest BCUT2D eigenvalue weighted by atomic mass is 10.0. The van der Waals surface area contributed by atoms with Crippen LogP contribution in [-0.2, 0) is 52.9 Å². The number of sulfone groups is 1. The second-order valence-electron chi connectivity index (χ2n) is 13.0. The van der Waals surface area contributed by atoms with Gasteiger partial charge in [-0.3, -0.25) is 13.5 Å². The van der Waals surface area contributed by atoms with Gasteiger partial charge < -0.3 is 21.3 Å². The van der Waals surface area contributed by atoms with Crippen molar-refractivity contribution in [1.82, 2.24) is 0 Å². The van der Waals surface area contributed by atoms with Gasteiger partial charge in [0.2, 0.25) is 0 Å². The van der Waals surface area contributed by atoms with Crippen LogP contribution >= 0.6 is 24.4 Å².